The topological polar surface area (TPSA) is 18.5 Å². The lowest BCUT2D eigenvalue weighted by Crippen LogP contribution is -2.25. The summed E-state index contributed by atoms with van der Waals surface area (Å²) in [5.41, 5.74) is 1.52. The van der Waals surface area contributed by atoms with E-state index >= 15 is 0 Å². The van der Waals surface area contributed by atoms with E-state index in [4.69, 9.17) is 9.47 Å². The molecule has 0 aliphatic heterocycles. The van der Waals surface area contributed by atoms with E-state index < -0.39 is 0 Å². The third-order valence-corrected chi connectivity index (χ3v) is 8.59. The second kappa shape index (κ2) is 13.0. The summed E-state index contributed by atoms with van der Waals surface area (Å²) in [4.78, 5) is 0. The molecule has 1 aromatic carbocycles. The molecular weight excluding hydrogens is 380 g/mol. The first-order valence-electron chi connectivity index (χ1n) is 13.6. The van der Waals surface area contributed by atoms with Crippen LogP contribution in [0.4, 0.5) is 0 Å². The van der Waals surface area contributed by atoms with E-state index in [0.29, 0.717) is 19.0 Å². The van der Waals surface area contributed by atoms with Gasteiger partial charge in [0.2, 0.25) is 0 Å². The molecule has 3 saturated carbocycles. The molecule has 2 nitrogen and oxygen atoms in total. The molecule has 3 aliphatic rings. The van der Waals surface area contributed by atoms with Crippen molar-refractivity contribution >= 4 is 0 Å². The van der Waals surface area contributed by atoms with Crippen LogP contribution in [0.15, 0.2) is 30.3 Å². The summed E-state index contributed by atoms with van der Waals surface area (Å²) < 4.78 is 12.0. The van der Waals surface area contributed by atoms with Gasteiger partial charge in [-0.25, -0.2) is 0 Å². The predicted octanol–water partition coefficient (Wildman–Crippen LogP) is 8.09. The third kappa shape index (κ3) is 8.21. The van der Waals surface area contributed by atoms with Gasteiger partial charge in [-0.15, -0.1) is 0 Å². The van der Waals surface area contributed by atoms with Crippen molar-refractivity contribution in [3.63, 3.8) is 0 Å². The number of hydrogen-bond acceptors (Lipinski definition) is 2. The van der Waals surface area contributed by atoms with Gasteiger partial charge in [0.25, 0.3) is 0 Å². The summed E-state index contributed by atoms with van der Waals surface area (Å²) in [7, 11) is 0. The van der Waals surface area contributed by atoms with Crippen LogP contribution in [0, 0.1) is 17.8 Å². The lowest BCUT2D eigenvalue weighted by atomic mass is 9.75. The van der Waals surface area contributed by atoms with Crippen molar-refractivity contribution in [2.75, 3.05) is 6.79 Å². The second-order valence-electron chi connectivity index (χ2n) is 10.8. The van der Waals surface area contributed by atoms with Crippen molar-refractivity contribution in [1.29, 1.82) is 0 Å². The largest absolute Gasteiger partial charge is 0.352 e. The fourth-order valence-corrected chi connectivity index (χ4v) is 6.35. The molecule has 2 heteroatoms. The first-order chi connectivity index (χ1) is 15.3. The quantitative estimate of drug-likeness (QED) is 0.352. The van der Waals surface area contributed by atoms with Gasteiger partial charge in [-0.05, 0) is 74.7 Å². The molecule has 0 radical (unpaired) electrons. The molecule has 0 heterocycles. The molecule has 3 fully saturated rings. The zero-order valence-electron chi connectivity index (χ0n) is 19.8. The molecule has 0 bridgehead atoms. The smallest absolute Gasteiger partial charge is 0.147 e. The van der Waals surface area contributed by atoms with E-state index in [2.05, 4.69) is 30.3 Å². The maximum atomic E-state index is 6.07. The van der Waals surface area contributed by atoms with Gasteiger partial charge in [0.1, 0.15) is 6.79 Å². The minimum atomic E-state index is 0.458. The van der Waals surface area contributed by atoms with Crippen LogP contribution in [-0.2, 0) is 15.9 Å². The molecule has 0 spiro atoms. The van der Waals surface area contributed by atoms with Crippen LogP contribution in [0.3, 0.4) is 0 Å². The molecule has 174 valence electrons. The summed E-state index contributed by atoms with van der Waals surface area (Å²) >= 11 is 0. The van der Waals surface area contributed by atoms with Crippen LogP contribution in [0.1, 0.15) is 108 Å². The Morgan fingerprint density at radius 1 is 0.548 bits per heavy atom. The molecule has 1 aromatic rings. The van der Waals surface area contributed by atoms with Crippen molar-refractivity contribution in [2.24, 2.45) is 17.8 Å². The minimum absolute atomic E-state index is 0.458. The predicted molar refractivity (Wildman–Crippen MR) is 129 cm³/mol. The number of rotatable bonds is 10. The highest BCUT2D eigenvalue weighted by Gasteiger charge is 2.25. The molecule has 0 atom stereocenters. The average molecular weight is 427 g/mol. The van der Waals surface area contributed by atoms with Gasteiger partial charge >= 0.3 is 0 Å². The van der Waals surface area contributed by atoms with Crippen LogP contribution < -0.4 is 0 Å². The maximum absolute atomic E-state index is 6.07. The molecule has 0 saturated heterocycles. The number of ether oxygens (including phenoxy) is 2. The summed E-state index contributed by atoms with van der Waals surface area (Å²) in [6, 6.07) is 11.1. The third-order valence-electron chi connectivity index (χ3n) is 8.59. The Balaban J connectivity index is 1.02. The Bertz CT molecular complexity index is 578. The van der Waals surface area contributed by atoms with Gasteiger partial charge in [0, 0.05) is 0 Å². The average Bonchev–Trinajstić information content (AvgIpc) is 2.84. The van der Waals surface area contributed by atoms with E-state index in [1.54, 1.807) is 0 Å². The van der Waals surface area contributed by atoms with Gasteiger partial charge in [-0.2, -0.15) is 0 Å². The van der Waals surface area contributed by atoms with Crippen molar-refractivity contribution in [3.8, 4) is 0 Å². The van der Waals surface area contributed by atoms with E-state index in [1.165, 1.54) is 115 Å². The zero-order chi connectivity index (χ0) is 21.1. The Kier molecular flexibility index (Phi) is 9.77. The fraction of sp³-hybridized carbons (Fsp3) is 0.793. The van der Waals surface area contributed by atoms with E-state index in [1.807, 2.05) is 0 Å². The molecule has 31 heavy (non-hydrogen) atoms. The molecule has 0 unspecified atom stereocenters. The van der Waals surface area contributed by atoms with Gasteiger partial charge in [0.15, 0.2) is 0 Å². The summed E-state index contributed by atoms with van der Waals surface area (Å²) in [6.45, 7) is 0.535. The molecular formula is C29H46O2. The van der Waals surface area contributed by atoms with Gasteiger partial charge in [-0.3, -0.25) is 0 Å². The van der Waals surface area contributed by atoms with Crippen LogP contribution in [-0.4, -0.2) is 19.0 Å². The van der Waals surface area contributed by atoms with Crippen molar-refractivity contribution in [3.05, 3.63) is 35.9 Å². The van der Waals surface area contributed by atoms with Crippen molar-refractivity contribution in [1.82, 2.24) is 0 Å². The molecule has 0 N–H and O–H groups in total. The van der Waals surface area contributed by atoms with Crippen molar-refractivity contribution in [2.45, 2.75) is 121 Å². The number of benzene rings is 1. The first-order valence-corrected chi connectivity index (χ1v) is 13.6. The first kappa shape index (κ1) is 23.3. The van der Waals surface area contributed by atoms with Crippen LogP contribution >= 0.6 is 0 Å². The number of hydrogen-bond donors (Lipinski definition) is 0. The maximum Gasteiger partial charge on any atom is 0.147 e. The Morgan fingerprint density at radius 2 is 1.06 bits per heavy atom. The highest BCUT2D eigenvalue weighted by molar-refractivity contribution is 5.14. The lowest BCUT2D eigenvalue weighted by molar-refractivity contribution is -0.133. The SMILES string of the molecule is c1ccc(CCC2CCC(CCC3CCC(OCOC4CCCCC4)CC3)CC2)cc1. The second-order valence-corrected chi connectivity index (χ2v) is 10.8. The van der Waals surface area contributed by atoms with Crippen LogP contribution in [0.5, 0.6) is 0 Å². The van der Waals surface area contributed by atoms with E-state index in [9.17, 15) is 0 Å². The van der Waals surface area contributed by atoms with Gasteiger partial charge < -0.3 is 9.47 Å². The zero-order valence-corrected chi connectivity index (χ0v) is 19.8. The standard InChI is InChI=1S/C29H46O2/c1-3-7-24(8-4-1)11-12-25-13-15-26(16-14-25)17-18-27-19-21-29(22-20-27)31-23-30-28-9-5-2-6-10-28/h1,3-4,7-8,25-29H,2,5-6,9-23H2. The summed E-state index contributed by atoms with van der Waals surface area (Å²) in [6.07, 6.45) is 24.3. The van der Waals surface area contributed by atoms with Gasteiger partial charge in [-0.1, -0.05) is 88.1 Å². The van der Waals surface area contributed by atoms with Crippen LogP contribution in [0.2, 0.25) is 0 Å². The lowest BCUT2D eigenvalue weighted by Gasteiger charge is -2.32. The molecule has 3 aliphatic carbocycles. The Hall–Kier alpha value is -0.860. The minimum Gasteiger partial charge on any atom is -0.352 e. The van der Waals surface area contributed by atoms with Crippen molar-refractivity contribution < 1.29 is 9.47 Å². The highest BCUT2D eigenvalue weighted by atomic mass is 16.7. The highest BCUT2D eigenvalue weighted by Crippen LogP contribution is 2.37. The monoisotopic (exact) mass is 426 g/mol. The number of aryl methyl sites for hydroxylation is 1. The fourth-order valence-electron chi connectivity index (χ4n) is 6.35. The van der Waals surface area contributed by atoms with E-state index in [-0.39, 0.29) is 0 Å². The molecule has 0 amide bonds. The van der Waals surface area contributed by atoms with E-state index in [0.717, 1.165) is 17.8 Å². The summed E-state index contributed by atoms with van der Waals surface area (Å²) in [5, 5.41) is 0. The van der Waals surface area contributed by atoms with Gasteiger partial charge in [0.05, 0.1) is 12.2 Å². The van der Waals surface area contributed by atoms with Crippen LogP contribution in [0.25, 0.3) is 0 Å². The normalized spacial score (nSPS) is 30.3. The molecule has 4 rings (SSSR count). The Labute approximate surface area is 191 Å². The Morgan fingerprint density at radius 3 is 1.68 bits per heavy atom. The molecule has 0 aromatic heterocycles. The summed E-state index contributed by atoms with van der Waals surface area (Å²) in [5.74, 6) is 2.93.